The molecule has 0 unspecified atom stereocenters. The van der Waals surface area contributed by atoms with Crippen molar-refractivity contribution in [1.29, 1.82) is 0 Å². The molecule has 1 heterocycles. The number of nitrogens with zero attached hydrogens (tertiary/aromatic N) is 2. The SMILES string of the molecule is CCN(CC)c1ccc(NC2=C(c3ccc(C)cc3)C(=O)N(c3ccc(F)cc3)C2=O)cc1. The van der Waals surface area contributed by atoms with E-state index in [4.69, 9.17) is 0 Å². The van der Waals surface area contributed by atoms with E-state index in [0.717, 1.165) is 29.2 Å². The first kappa shape index (κ1) is 22.3. The fourth-order valence-electron chi connectivity index (χ4n) is 3.95. The number of amides is 2. The summed E-state index contributed by atoms with van der Waals surface area (Å²) in [5, 5.41) is 3.17. The number of benzene rings is 3. The van der Waals surface area contributed by atoms with Crippen LogP contribution < -0.4 is 15.1 Å². The fourth-order valence-corrected chi connectivity index (χ4v) is 3.95. The number of hydrogen-bond acceptors (Lipinski definition) is 4. The smallest absolute Gasteiger partial charge is 0.282 e. The van der Waals surface area contributed by atoms with Gasteiger partial charge < -0.3 is 10.2 Å². The Balaban J connectivity index is 1.73. The van der Waals surface area contributed by atoms with E-state index < -0.39 is 17.6 Å². The maximum absolute atomic E-state index is 13.4. The van der Waals surface area contributed by atoms with Crippen molar-refractivity contribution in [3.63, 3.8) is 0 Å². The number of carbonyl (C=O) groups excluding carboxylic acids is 2. The Morgan fingerprint density at radius 1 is 0.818 bits per heavy atom. The molecule has 1 aliphatic rings. The number of aryl methyl sites for hydroxylation is 1. The van der Waals surface area contributed by atoms with Crippen LogP contribution in [-0.4, -0.2) is 24.9 Å². The third-order valence-corrected chi connectivity index (χ3v) is 5.77. The Bertz CT molecular complexity index is 1200. The molecule has 0 fully saturated rings. The van der Waals surface area contributed by atoms with Gasteiger partial charge in [-0.1, -0.05) is 29.8 Å². The maximum Gasteiger partial charge on any atom is 0.282 e. The first-order valence-electron chi connectivity index (χ1n) is 11.0. The number of halogens is 1. The minimum absolute atomic E-state index is 0.198. The molecule has 1 aliphatic heterocycles. The van der Waals surface area contributed by atoms with Gasteiger partial charge in [0.15, 0.2) is 0 Å². The van der Waals surface area contributed by atoms with Crippen molar-refractivity contribution in [3.8, 4) is 0 Å². The molecule has 5 nitrogen and oxygen atoms in total. The van der Waals surface area contributed by atoms with Crippen LogP contribution in [0.5, 0.6) is 0 Å². The summed E-state index contributed by atoms with van der Waals surface area (Å²) >= 11 is 0. The summed E-state index contributed by atoms with van der Waals surface area (Å²) < 4.78 is 13.4. The van der Waals surface area contributed by atoms with Crippen LogP contribution in [0.3, 0.4) is 0 Å². The highest BCUT2D eigenvalue weighted by atomic mass is 19.1. The summed E-state index contributed by atoms with van der Waals surface area (Å²) in [6, 6.07) is 20.5. The lowest BCUT2D eigenvalue weighted by atomic mass is 10.0. The second-order valence-electron chi connectivity index (χ2n) is 7.88. The summed E-state index contributed by atoms with van der Waals surface area (Å²) in [5.41, 5.74) is 4.29. The lowest BCUT2D eigenvalue weighted by Crippen LogP contribution is -2.32. The van der Waals surface area contributed by atoms with Crippen LogP contribution in [0.25, 0.3) is 5.57 Å². The Morgan fingerprint density at radius 2 is 1.42 bits per heavy atom. The minimum atomic E-state index is -0.477. The van der Waals surface area contributed by atoms with Gasteiger partial charge in [-0.15, -0.1) is 0 Å². The van der Waals surface area contributed by atoms with Gasteiger partial charge in [0, 0.05) is 24.5 Å². The summed E-state index contributed by atoms with van der Waals surface area (Å²) in [4.78, 5) is 30.1. The van der Waals surface area contributed by atoms with Crippen LogP contribution in [0.2, 0.25) is 0 Å². The second kappa shape index (κ2) is 9.28. The van der Waals surface area contributed by atoms with Crippen molar-refractivity contribution in [2.75, 3.05) is 28.2 Å². The predicted octanol–water partition coefficient (Wildman–Crippen LogP) is 5.38. The average Bonchev–Trinajstić information content (AvgIpc) is 3.06. The number of carbonyl (C=O) groups is 2. The Kier molecular flexibility index (Phi) is 6.27. The largest absolute Gasteiger partial charge is 0.372 e. The quantitative estimate of drug-likeness (QED) is 0.499. The van der Waals surface area contributed by atoms with Crippen LogP contribution in [0.4, 0.5) is 21.5 Å². The Hall–Kier alpha value is -3.93. The first-order valence-corrected chi connectivity index (χ1v) is 11.0. The van der Waals surface area contributed by atoms with Crippen molar-refractivity contribution in [1.82, 2.24) is 0 Å². The van der Waals surface area contributed by atoms with Crippen molar-refractivity contribution < 1.29 is 14.0 Å². The van der Waals surface area contributed by atoms with Crippen molar-refractivity contribution in [3.05, 3.63) is 95.4 Å². The van der Waals surface area contributed by atoms with E-state index in [1.165, 1.54) is 24.3 Å². The first-order chi connectivity index (χ1) is 15.9. The number of imide groups is 1. The van der Waals surface area contributed by atoms with E-state index in [1.54, 1.807) is 0 Å². The van der Waals surface area contributed by atoms with Gasteiger partial charge in [-0.05, 0) is 74.9 Å². The van der Waals surface area contributed by atoms with Crippen LogP contribution in [0.15, 0.2) is 78.5 Å². The topological polar surface area (TPSA) is 52.7 Å². The zero-order chi connectivity index (χ0) is 23.5. The maximum atomic E-state index is 13.4. The average molecular weight is 444 g/mol. The van der Waals surface area contributed by atoms with Crippen molar-refractivity contribution in [2.45, 2.75) is 20.8 Å². The summed E-state index contributed by atoms with van der Waals surface area (Å²) in [5.74, 6) is -1.36. The number of nitrogens with one attached hydrogen (secondary N) is 1. The molecule has 3 aromatic carbocycles. The molecule has 0 aromatic heterocycles. The van der Waals surface area contributed by atoms with Gasteiger partial charge in [0.05, 0.1) is 11.3 Å². The highest BCUT2D eigenvalue weighted by Crippen LogP contribution is 2.34. The van der Waals surface area contributed by atoms with Crippen molar-refractivity contribution in [2.24, 2.45) is 0 Å². The molecule has 1 N–H and O–H groups in total. The third kappa shape index (κ3) is 4.37. The lowest BCUT2D eigenvalue weighted by molar-refractivity contribution is -0.120. The minimum Gasteiger partial charge on any atom is -0.372 e. The summed E-state index contributed by atoms with van der Waals surface area (Å²) in [7, 11) is 0. The Morgan fingerprint density at radius 3 is 2.00 bits per heavy atom. The molecule has 0 saturated heterocycles. The van der Waals surface area contributed by atoms with Crippen LogP contribution in [-0.2, 0) is 9.59 Å². The molecular formula is C27H26FN3O2. The normalized spacial score (nSPS) is 13.6. The van der Waals surface area contributed by atoms with Gasteiger partial charge in [-0.3, -0.25) is 9.59 Å². The van der Waals surface area contributed by atoms with Gasteiger partial charge in [-0.25, -0.2) is 9.29 Å². The third-order valence-electron chi connectivity index (χ3n) is 5.77. The lowest BCUT2D eigenvalue weighted by Gasteiger charge is -2.21. The van der Waals surface area contributed by atoms with E-state index >= 15 is 0 Å². The molecule has 0 atom stereocenters. The monoisotopic (exact) mass is 443 g/mol. The number of rotatable bonds is 7. The Labute approximate surface area is 193 Å². The van der Waals surface area contributed by atoms with Gasteiger partial charge in [0.2, 0.25) is 0 Å². The molecule has 0 spiro atoms. The van der Waals surface area contributed by atoms with E-state index in [2.05, 4.69) is 24.1 Å². The van der Waals surface area contributed by atoms with E-state index in [0.29, 0.717) is 16.9 Å². The van der Waals surface area contributed by atoms with Crippen molar-refractivity contribution >= 4 is 34.4 Å². The molecule has 2 amide bonds. The molecule has 168 valence electrons. The summed E-state index contributed by atoms with van der Waals surface area (Å²) in [6.45, 7) is 7.95. The van der Waals surface area contributed by atoms with Gasteiger partial charge in [0.1, 0.15) is 11.5 Å². The molecule has 0 saturated carbocycles. The molecule has 0 radical (unpaired) electrons. The number of hydrogen-bond donors (Lipinski definition) is 1. The molecular weight excluding hydrogens is 417 g/mol. The zero-order valence-corrected chi connectivity index (χ0v) is 18.9. The van der Waals surface area contributed by atoms with Gasteiger partial charge in [0.25, 0.3) is 11.8 Å². The van der Waals surface area contributed by atoms with E-state index in [-0.39, 0.29) is 11.3 Å². The fraction of sp³-hybridized carbons (Fsp3) is 0.185. The number of anilines is 3. The molecule has 33 heavy (non-hydrogen) atoms. The van der Waals surface area contributed by atoms with Crippen LogP contribution >= 0.6 is 0 Å². The molecule has 3 aromatic rings. The standard InChI is InChI=1S/C27H26FN3O2/c1-4-30(5-2)22-16-12-21(13-17-22)29-25-24(19-8-6-18(3)7-9-19)26(32)31(27(25)33)23-14-10-20(28)11-15-23/h6-17,29H,4-5H2,1-3H3. The zero-order valence-electron chi connectivity index (χ0n) is 18.9. The highest BCUT2D eigenvalue weighted by Gasteiger charge is 2.40. The summed E-state index contributed by atoms with van der Waals surface area (Å²) in [6.07, 6.45) is 0. The second-order valence-corrected chi connectivity index (χ2v) is 7.88. The molecule has 0 aliphatic carbocycles. The van der Waals surface area contributed by atoms with Gasteiger partial charge in [-0.2, -0.15) is 0 Å². The highest BCUT2D eigenvalue weighted by molar-refractivity contribution is 6.46. The predicted molar refractivity (Wildman–Crippen MR) is 131 cm³/mol. The molecule has 6 heteroatoms. The molecule has 0 bridgehead atoms. The molecule has 4 rings (SSSR count). The van der Waals surface area contributed by atoms with Crippen LogP contribution in [0, 0.1) is 12.7 Å². The van der Waals surface area contributed by atoms with Gasteiger partial charge >= 0.3 is 0 Å². The van der Waals surface area contributed by atoms with Crippen LogP contribution in [0.1, 0.15) is 25.0 Å². The van der Waals surface area contributed by atoms with E-state index in [1.807, 2.05) is 55.5 Å². The van der Waals surface area contributed by atoms with E-state index in [9.17, 15) is 14.0 Å².